The number of rotatable bonds is 3. The summed E-state index contributed by atoms with van der Waals surface area (Å²) < 4.78 is 0. The van der Waals surface area contributed by atoms with Crippen LogP contribution in [-0.4, -0.2) is 5.11 Å². The molecule has 3 aliphatic rings. The molecule has 0 aromatic heterocycles. The minimum absolute atomic E-state index is 0.440. The van der Waals surface area contributed by atoms with E-state index in [1.165, 1.54) is 56.9 Å². The molecule has 0 amide bonds. The maximum Gasteiger partial charge on any atom is 0.115 e. The Morgan fingerprint density at radius 2 is 2.13 bits per heavy atom. The summed E-state index contributed by atoms with van der Waals surface area (Å²) in [5.74, 6) is 2.96. The van der Waals surface area contributed by atoms with Gasteiger partial charge in [0.05, 0.1) is 0 Å². The number of unbranched alkanes of at least 4 members (excludes halogenated alkanes) is 1. The molecule has 4 atom stereocenters. The lowest BCUT2D eigenvalue weighted by atomic mass is 9.55. The molecule has 1 heteroatoms. The Kier molecular flexibility index (Phi) is 3.99. The van der Waals surface area contributed by atoms with Gasteiger partial charge in [0.2, 0.25) is 0 Å². The van der Waals surface area contributed by atoms with Gasteiger partial charge in [0.25, 0.3) is 0 Å². The van der Waals surface area contributed by atoms with Crippen LogP contribution >= 0.6 is 0 Å². The summed E-state index contributed by atoms with van der Waals surface area (Å²) in [5.41, 5.74) is 3.49. The smallest absolute Gasteiger partial charge is 0.115 e. The van der Waals surface area contributed by atoms with E-state index in [1.54, 1.807) is 5.56 Å². The highest BCUT2D eigenvalue weighted by atomic mass is 16.3. The van der Waals surface area contributed by atoms with Crippen molar-refractivity contribution in [2.75, 3.05) is 0 Å². The van der Waals surface area contributed by atoms with Gasteiger partial charge in [0.15, 0.2) is 0 Å². The van der Waals surface area contributed by atoms with E-state index in [-0.39, 0.29) is 0 Å². The van der Waals surface area contributed by atoms with Crippen molar-refractivity contribution in [3.63, 3.8) is 0 Å². The molecule has 1 N–H and O–H groups in total. The number of fused-ring (bicyclic) bond motifs is 5. The van der Waals surface area contributed by atoms with Crippen LogP contribution in [0.3, 0.4) is 0 Å². The van der Waals surface area contributed by atoms with Crippen molar-refractivity contribution in [1.29, 1.82) is 0 Å². The Bertz CT molecular complexity index is 602. The minimum atomic E-state index is 0.440. The second-order valence-corrected chi connectivity index (χ2v) is 8.15. The second kappa shape index (κ2) is 6.00. The van der Waals surface area contributed by atoms with Gasteiger partial charge in [-0.25, -0.2) is 0 Å². The monoisotopic (exact) mass is 310 g/mol. The van der Waals surface area contributed by atoms with Crippen LogP contribution in [0.4, 0.5) is 0 Å². The first-order valence-electron chi connectivity index (χ1n) is 9.73. The standard InChI is InChI=1S/C22H30O/c1-2-3-4-12-22-13-5-6-21(22)20-9-7-16-15-17(23)8-10-18(16)19(20)11-14-22/h4,8,10,12,15,19-21,23H,2-3,5-7,9,11,13-14H2,1H3/t19-,20-,21+,22+/m1/s1. The lowest BCUT2D eigenvalue weighted by molar-refractivity contribution is 0.0826. The van der Waals surface area contributed by atoms with Crippen LogP contribution in [0.2, 0.25) is 0 Å². The Morgan fingerprint density at radius 3 is 3.00 bits per heavy atom. The van der Waals surface area contributed by atoms with E-state index >= 15 is 0 Å². The van der Waals surface area contributed by atoms with E-state index in [2.05, 4.69) is 25.1 Å². The molecule has 2 fully saturated rings. The fourth-order valence-electron chi connectivity index (χ4n) is 6.05. The van der Waals surface area contributed by atoms with Crippen LogP contribution in [0.1, 0.15) is 75.3 Å². The van der Waals surface area contributed by atoms with Crippen LogP contribution in [0.15, 0.2) is 30.4 Å². The highest BCUT2D eigenvalue weighted by Gasteiger charge is 2.51. The third-order valence-electron chi connectivity index (χ3n) is 7.03. The maximum atomic E-state index is 9.79. The van der Waals surface area contributed by atoms with Gasteiger partial charge in [0.1, 0.15) is 5.75 Å². The molecule has 0 aliphatic heterocycles. The van der Waals surface area contributed by atoms with E-state index in [4.69, 9.17) is 0 Å². The molecule has 0 bridgehead atoms. The number of hydrogen-bond acceptors (Lipinski definition) is 1. The van der Waals surface area contributed by atoms with Crippen LogP contribution in [0, 0.1) is 17.3 Å². The van der Waals surface area contributed by atoms with Gasteiger partial charge in [-0.2, -0.15) is 0 Å². The molecular formula is C22H30O. The Hall–Kier alpha value is -1.24. The molecule has 0 unspecified atom stereocenters. The minimum Gasteiger partial charge on any atom is -0.508 e. The highest BCUT2D eigenvalue weighted by molar-refractivity contribution is 5.40. The van der Waals surface area contributed by atoms with E-state index in [9.17, 15) is 5.11 Å². The van der Waals surface area contributed by atoms with E-state index in [0.717, 1.165) is 24.2 Å². The molecule has 0 heterocycles. The number of phenolic OH excluding ortho intramolecular Hbond substituents is 1. The topological polar surface area (TPSA) is 20.2 Å². The summed E-state index contributed by atoms with van der Waals surface area (Å²) in [6.07, 6.45) is 17.1. The molecule has 124 valence electrons. The summed E-state index contributed by atoms with van der Waals surface area (Å²) in [5, 5.41) is 9.79. The number of allylic oxidation sites excluding steroid dienone is 2. The highest BCUT2D eigenvalue weighted by Crippen LogP contribution is 2.61. The third-order valence-corrected chi connectivity index (χ3v) is 7.03. The molecule has 2 saturated carbocycles. The predicted octanol–water partition coefficient (Wildman–Crippen LogP) is 5.97. The predicted molar refractivity (Wildman–Crippen MR) is 95.7 cm³/mol. The van der Waals surface area contributed by atoms with E-state index < -0.39 is 0 Å². The van der Waals surface area contributed by atoms with Crippen molar-refractivity contribution >= 4 is 0 Å². The average Bonchev–Trinajstić information content (AvgIpc) is 2.98. The van der Waals surface area contributed by atoms with Gasteiger partial charge in [0, 0.05) is 0 Å². The van der Waals surface area contributed by atoms with Gasteiger partial charge in [-0.1, -0.05) is 38.0 Å². The first kappa shape index (κ1) is 15.3. The van der Waals surface area contributed by atoms with Crippen molar-refractivity contribution < 1.29 is 5.11 Å². The maximum absolute atomic E-state index is 9.79. The Balaban J connectivity index is 1.63. The van der Waals surface area contributed by atoms with Crippen LogP contribution in [0.5, 0.6) is 5.75 Å². The van der Waals surface area contributed by atoms with Gasteiger partial charge >= 0.3 is 0 Å². The molecule has 1 aromatic rings. The van der Waals surface area contributed by atoms with Crippen LogP contribution in [0.25, 0.3) is 0 Å². The summed E-state index contributed by atoms with van der Waals surface area (Å²) in [4.78, 5) is 0. The Labute approximate surface area is 140 Å². The first-order chi connectivity index (χ1) is 11.2. The SMILES string of the molecule is CCCC=C[C@@]12CCC[C@H]1[C@@H]1CCc3cc(O)ccc3[C@H]1CC2. The number of aryl methyl sites for hydroxylation is 1. The molecule has 3 aliphatic carbocycles. The van der Waals surface area contributed by atoms with Crippen LogP contribution < -0.4 is 0 Å². The molecule has 4 rings (SSSR count). The quantitative estimate of drug-likeness (QED) is 0.681. The molecule has 23 heavy (non-hydrogen) atoms. The zero-order valence-electron chi connectivity index (χ0n) is 14.4. The molecule has 0 saturated heterocycles. The second-order valence-electron chi connectivity index (χ2n) is 8.15. The van der Waals surface area contributed by atoms with E-state index in [0.29, 0.717) is 11.2 Å². The molecular weight excluding hydrogens is 280 g/mol. The van der Waals surface area contributed by atoms with Crippen LogP contribution in [-0.2, 0) is 6.42 Å². The van der Waals surface area contributed by atoms with Crippen molar-refractivity contribution in [2.45, 2.75) is 70.6 Å². The molecule has 0 radical (unpaired) electrons. The van der Waals surface area contributed by atoms with Crippen molar-refractivity contribution in [3.05, 3.63) is 41.5 Å². The van der Waals surface area contributed by atoms with Crippen molar-refractivity contribution in [1.82, 2.24) is 0 Å². The summed E-state index contributed by atoms with van der Waals surface area (Å²) in [6, 6.07) is 6.14. The largest absolute Gasteiger partial charge is 0.508 e. The zero-order valence-corrected chi connectivity index (χ0v) is 14.4. The van der Waals surface area contributed by atoms with Crippen molar-refractivity contribution in [3.8, 4) is 5.75 Å². The molecule has 0 spiro atoms. The fraction of sp³-hybridized carbons (Fsp3) is 0.636. The summed E-state index contributed by atoms with van der Waals surface area (Å²) in [7, 11) is 0. The van der Waals surface area contributed by atoms with Gasteiger partial charge in [-0.15, -0.1) is 0 Å². The Morgan fingerprint density at radius 1 is 1.22 bits per heavy atom. The average molecular weight is 310 g/mol. The zero-order chi connectivity index (χ0) is 15.9. The number of hydrogen-bond donors (Lipinski definition) is 1. The van der Waals surface area contributed by atoms with Crippen molar-refractivity contribution in [2.24, 2.45) is 17.3 Å². The summed E-state index contributed by atoms with van der Waals surface area (Å²) in [6.45, 7) is 2.28. The van der Waals surface area contributed by atoms with Gasteiger partial charge in [-0.05, 0) is 91.4 Å². The summed E-state index contributed by atoms with van der Waals surface area (Å²) >= 11 is 0. The number of aromatic hydroxyl groups is 1. The number of benzene rings is 1. The van der Waals surface area contributed by atoms with Gasteiger partial charge < -0.3 is 5.11 Å². The van der Waals surface area contributed by atoms with Gasteiger partial charge in [-0.3, -0.25) is 0 Å². The fourth-order valence-corrected chi connectivity index (χ4v) is 6.05. The lowest BCUT2D eigenvalue weighted by Crippen LogP contribution is -2.40. The number of phenols is 1. The molecule has 1 nitrogen and oxygen atoms in total. The first-order valence-corrected chi connectivity index (χ1v) is 9.73. The lowest BCUT2D eigenvalue weighted by Gasteiger charge is -2.49. The normalized spacial score (nSPS) is 35.8. The molecule has 1 aromatic carbocycles. The van der Waals surface area contributed by atoms with E-state index in [1.807, 2.05) is 12.1 Å². The third kappa shape index (κ3) is 2.53.